The monoisotopic (exact) mass is 380 g/mol. The van der Waals surface area contributed by atoms with E-state index in [0.717, 1.165) is 39.8 Å². The topological polar surface area (TPSA) is 42.0 Å². The van der Waals surface area contributed by atoms with Gasteiger partial charge in [0.1, 0.15) is 0 Å². The molecule has 0 unspecified atom stereocenters. The number of carbonyl (C=O) groups is 1. The first-order chi connectivity index (χ1) is 14.0. The molecule has 1 heterocycles. The summed E-state index contributed by atoms with van der Waals surface area (Å²) < 4.78 is 0. The number of hydrogen-bond acceptors (Lipinski definition) is 2. The molecule has 0 saturated heterocycles. The van der Waals surface area contributed by atoms with Crippen molar-refractivity contribution in [2.45, 2.75) is 27.2 Å². The van der Waals surface area contributed by atoms with Gasteiger partial charge in [-0.1, -0.05) is 55.5 Å². The number of hydrogen-bond donors (Lipinski definition) is 1. The molecule has 1 amide bonds. The van der Waals surface area contributed by atoms with Crippen LogP contribution in [0.4, 0.5) is 5.69 Å². The second kappa shape index (κ2) is 7.88. The van der Waals surface area contributed by atoms with E-state index in [1.165, 1.54) is 11.1 Å². The number of nitrogens with one attached hydrogen (secondary N) is 1. The van der Waals surface area contributed by atoms with Gasteiger partial charge < -0.3 is 5.32 Å². The maximum atomic E-state index is 13.2. The SMILES string of the molecule is CCc1ccc(-c2cc(C(=O)Nc3ccc(C)c(C)c3)c3ccccc3n2)cc1. The second-order valence-corrected chi connectivity index (χ2v) is 7.38. The van der Waals surface area contributed by atoms with Crippen LogP contribution in [0.25, 0.3) is 22.2 Å². The molecule has 1 aromatic heterocycles. The summed E-state index contributed by atoms with van der Waals surface area (Å²) in [7, 11) is 0. The zero-order valence-corrected chi connectivity index (χ0v) is 17.0. The van der Waals surface area contributed by atoms with E-state index >= 15 is 0 Å². The average Bonchev–Trinajstić information content (AvgIpc) is 2.75. The standard InChI is InChI=1S/C26H24N2O/c1-4-19-10-12-20(13-11-19)25-16-23(22-7-5-6-8-24(22)28-25)26(29)27-21-14-9-17(2)18(3)15-21/h5-16H,4H2,1-3H3,(H,27,29). The lowest BCUT2D eigenvalue weighted by molar-refractivity contribution is 0.102. The molecule has 0 atom stereocenters. The number of carbonyl (C=O) groups excluding carboxylic acids is 1. The van der Waals surface area contributed by atoms with Gasteiger partial charge in [-0.3, -0.25) is 4.79 Å². The van der Waals surface area contributed by atoms with Crippen LogP contribution < -0.4 is 5.32 Å². The lowest BCUT2D eigenvalue weighted by Crippen LogP contribution is -2.13. The van der Waals surface area contributed by atoms with E-state index in [9.17, 15) is 4.79 Å². The molecule has 4 aromatic rings. The molecular weight excluding hydrogens is 356 g/mol. The quantitative estimate of drug-likeness (QED) is 0.449. The van der Waals surface area contributed by atoms with Crippen molar-refractivity contribution >= 4 is 22.5 Å². The summed E-state index contributed by atoms with van der Waals surface area (Å²) in [5, 5.41) is 3.90. The minimum absolute atomic E-state index is 0.127. The van der Waals surface area contributed by atoms with Crippen molar-refractivity contribution in [3.8, 4) is 11.3 Å². The van der Waals surface area contributed by atoms with Crippen LogP contribution in [0.2, 0.25) is 0 Å². The van der Waals surface area contributed by atoms with Crippen LogP contribution in [0.3, 0.4) is 0 Å². The maximum Gasteiger partial charge on any atom is 0.256 e. The van der Waals surface area contributed by atoms with Gasteiger partial charge in [0.25, 0.3) is 5.91 Å². The molecular formula is C26H24N2O. The molecule has 0 aliphatic rings. The third kappa shape index (κ3) is 3.90. The van der Waals surface area contributed by atoms with E-state index in [1.807, 2.05) is 55.5 Å². The van der Waals surface area contributed by atoms with Crippen molar-refractivity contribution in [3.05, 3.63) is 95.1 Å². The van der Waals surface area contributed by atoms with Gasteiger partial charge in [0.2, 0.25) is 0 Å². The van der Waals surface area contributed by atoms with E-state index < -0.39 is 0 Å². The number of para-hydroxylation sites is 1. The van der Waals surface area contributed by atoms with E-state index in [0.29, 0.717) is 5.56 Å². The number of amides is 1. The third-order valence-electron chi connectivity index (χ3n) is 5.38. The molecule has 3 heteroatoms. The van der Waals surface area contributed by atoms with Gasteiger partial charge in [0, 0.05) is 16.6 Å². The summed E-state index contributed by atoms with van der Waals surface area (Å²) in [5.74, 6) is -0.127. The van der Waals surface area contributed by atoms with Crippen molar-refractivity contribution < 1.29 is 4.79 Å². The van der Waals surface area contributed by atoms with Crippen LogP contribution in [0, 0.1) is 13.8 Å². The Morgan fingerprint density at radius 1 is 0.897 bits per heavy atom. The van der Waals surface area contributed by atoms with E-state index in [1.54, 1.807) is 0 Å². The highest BCUT2D eigenvalue weighted by Gasteiger charge is 2.14. The number of rotatable bonds is 4. The van der Waals surface area contributed by atoms with Gasteiger partial charge in [-0.05, 0) is 61.2 Å². The molecule has 0 saturated carbocycles. The van der Waals surface area contributed by atoms with Crippen LogP contribution in [-0.2, 0) is 6.42 Å². The summed E-state index contributed by atoms with van der Waals surface area (Å²) in [6, 6.07) is 24.0. The molecule has 0 spiro atoms. The highest BCUT2D eigenvalue weighted by atomic mass is 16.1. The Balaban J connectivity index is 1.77. The van der Waals surface area contributed by atoms with Gasteiger partial charge in [0.15, 0.2) is 0 Å². The number of aromatic nitrogens is 1. The number of benzene rings is 3. The average molecular weight is 380 g/mol. The largest absolute Gasteiger partial charge is 0.322 e. The fraction of sp³-hybridized carbons (Fsp3) is 0.154. The molecule has 4 rings (SSSR count). The number of aryl methyl sites for hydroxylation is 3. The Kier molecular flexibility index (Phi) is 5.13. The van der Waals surface area contributed by atoms with Crippen molar-refractivity contribution in [2.24, 2.45) is 0 Å². The fourth-order valence-corrected chi connectivity index (χ4v) is 3.44. The Bertz CT molecular complexity index is 1190. The van der Waals surface area contributed by atoms with Gasteiger partial charge in [-0.2, -0.15) is 0 Å². The maximum absolute atomic E-state index is 13.2. The number of nitrogens with zero attached hydrogens (tertiary/aromatic N) is 1. The minimum atomic E-state index is -0.127. The highest BCUT2D eigenvalue weighted by Crippen LogP contribution is 2.26. The second-order valence-electron chi connectivity index (χ2n) is 7.38. The molecule has 0 aliphatic heterocycles. The molecule has 3 aromatic carbocycles. The van der Waals surface area contributed by atoms with E-state index in [-0.39, 0.29) is 5.91 Å². The predicted molar refractivity (Wildman–Crippen MR) is 120 cm³/mol. The molecule has 0 radical (unpaired) electrons. The molecule has 0 bridgehead atoms. The molecule has 29 heavy (non-hydrogen) atoms. The minimum Gasteiger partial charge on any atom is -0.322 e. The van der Waals surface area contributed by atoms with Crippen LogP contribution in [0.5, 0.6) is 0 Å². The summed E-state index contributed by atoms with van der Waals surface area (Å²) >= 11 is 0. The Morgan fingerprint density at radius 2 is 1.66 bits per heavy atom. The third-order valence-corrected chi connectivity index (χ3v) is 5.38. The molecule has 1 N–H and O–H groups in total. The van der Waals surface area contributed by atoms with Crippen LogP contribution >= 0.6 is 0 Å². The van der Waals surface area contributed by atoms with Crippen molar-refractivity contribution in [2.75, 3.05) is 5.32 Å². The number of anilines is 1. The zero-order chi connectivity index (χ0) is 20.4. The fourth-order valence-electron chi connectivity index (χ4n) is 3.44. The predicted octanol–water partition coefficient (Wildman–Crippen LogP) is 6.33. The molecule has 144 valence electrons. The Labute approximate surface area is 171 Å². The Hall–Kier alpha value is -3.46. The van der Waals surface area contributed by atoms with Gasteiger partial charge in [-0.15, -0.1) is 0 Å². The van der Waals surface area contributed by atoms with Crippen LogP contribution in [-0.4, -0.2) is 10.9 Å². The molecule has 0 aliphatic carbocycles. The normalized spacial score (nSPS) is 10.9. The van der Waals surface area contributed by atoms with E-state index in [4.69, 9.17) is 4.98 Å². The smallest absolute Gasteiger partial charge is 0.256 e. The van der Waals surface area contributed by atoms with Gasteiger partial charge >= 0.3 is 0 Å². The highest BCUT2D eigenvalue weighted by molar-refractivity contribution is 6.13. The van der Waals surface area contributed by atoms with Crippen molar-refractivity contribution in [1.82, 2.24) is 4.98 Å². The lowest BCUT2D eigenvalue weighted by Gasteiger charge is -2.12. The molecule has 0 fully saturated rings. The first-order valence-corrected chi connectivity index (χ1v) is 9.93. The van der Waals surface area contributed by atoms with Gasteiger partial charge in [0.05, 0.1) is 16.8 Å². The lowest BCUT2D eigenvalue weighted by atomic mass is 10.0. The van der Waals surface area contributed by atoms with Gasteiger partial charge in [-0.25, -0.2) is 4.98 Å². The zero-order valence-electron chi connectivity index (χ0n) is 17.0. The first-order valence-electron chi connectivity index (χ1n) is 9.93. The van der Waals surface area contributed by atoms with Crippen LogP contribution in [0.1, 0.15) is 34.0 Å². The van der Waals surface area contributed by atoms with Crippen LogP contribution in [0.15, 0.2) is 72.8 Å². The first kappa shape index (κ1) is 18.9. The summed E-state index contributed by atoms with van der Waals surface area (Å²) in [5.41, 5.74) is 7.69. The summed E-state index contributed by atoms with van der Waals surface area (Å²) in [6.07, 6.45) is 0.995. The molecule has 3 nitrogen and oxygen atoms in total. The van der Waals surface area contributed by atoms with E-state index in [2.05, 4.69) is 43.4 Å². The number of fused-ring (bicyclic) bond motifs is 1. The summed E-state index contributed by atoms with van der Waals surface area (Å²) in [6.45, 7) is 6.25. The Morgan fingerprint density at radius 3 is 2.38 bits per heavy atom. The van der Waals surface area contributed by atoms with Crippen molar-refractivity contribution in [3.63, 3.8) is 0 Å². The van der Waals surface area contributed by atoms with Crippen molar-refractivity contribution in [1.29, 1.82) is 0 Å². The summed E-state index contributed by atoms with van der Waals surface area (Å²) in [4.78, 5) is 18.0. The number of pyridine rings is 1.